The summed E-state index contributed by atoms with van der Waals surface area (Å²) in [5.74, 6) is 0.824. The third-order valence-corrected chi connectivity index (χ3v) is 7.46. The van der Waals surface area contributed by atoms with Crippen LogP contribution in [0.25, 0.3) is 5.69 Å². The zero-order valence-corrected chi connectivity index (χ0v) is 19.5. The first-order valence-electron chi connectivity index (χ1n) is 10.5. The highest BCUT2D eigenvalue weighted by Gasteiger charge is 2.40. The molecule has 0 spiro atoms. The number of sulfonamides is 1. The number of aryl methyl sites for hydroxylation is 1. The monoisotopic (exact) mass is 470 g/mol. The number of nitrogens with zero attached hydrogens (tertiary/aromatic N) is 3. The molecule has 1 amide bonds. The highest BCUT2D eigenvalue weighted by atomic mass is 32.2. The number of rotatable bonds is 7. The normalized spacial score (nSPS) is 16.5. The molecule has 174 valence electrons. The number of ether oxygens (including phenoxy) is 2. The second-order valence-corrected chi connectivity index (χ2v) is 9.59. The average molecular weight is 471 g/mol. The molecule has 2 heterocycles. The molecule has 9 nitrogen and oxygen atoms in total. The average Bonchev–Trinajstić information content (AvgIpc) is 3.46. The predicted molar refractivity (Wildman–Crippen MR) is 123 cm³/mol. The SMILES string of the molecule is COc1ccc(S(=O)(=O)N2CCCC2C(=O)Nc2cc(C)nn2-c2ccccc2)cc1OC. The lowest BCUT2D eigenvalue weighted by molar-refractivity contribution is -0.119. The molecule has 4 rings (SSSR count). The number of carbonyl (C=O) groups is 1. The van der Waals surface area contributed by atoms with Crippen molar-refractivity contribution in [2.24, 2.45) is 0 Å². The topological polar surface area (TPSA) is 103 Å². The van der Waals surface area contributed by atoms with Crippen molar-refractivity contribution in [2.75, 3.05) is 26.1 Å². The van der Waals surface area contributed by atoms with Crippen LogP contribution in [0.2, 0.25) is 0 Å². The van der Waals surface area contributed by atoms with Gasteiger partial charge in [-0.1, -0.05) is 18.2 Å². The Balaban J connectivity index is 1.60. The lowest BCUT2D eigenvalue weighted by Crippen LogP contribution is -2.43. The van der Waals surface area contributed by atoms with Crippen LogP contribution >= 0.6 is 0 Å². The summed E-state index contributed by atoms with van der Waals surface area (Å²) in [6.07, 6.45) is 1.01. The molecule has 3 aromatic rings. The zero-order valence-electron chi connectivity index (χ0n) is 18.7. The minimum atomic E-state index is -3.93. The van der Waals surface area contributed by atoms with Gasteiger partial charge in [0.1, 0.15) is 11.9 Å². The van der Waals surface area contributed by atoms with Gasteiger partial charge in [-0.2, -0.15) is 9.40 Å². The van der Waals surface area contributed by atoms with E-state index in [1.54, 1.807) is 10.7 Å². The van der Waals surface area contributed by atoms with Gasteiger partial charge < -0.3 is 14.8 Å². The van der Waals surface area contributed by atoms with Gasteiger partial charge in [-0.15, -0.1) is 0 Å². The van der Waals surface area contributed by atoms with Gasteiger partial charge in [-0.05, 0) is 44.0 Å². The van der Waals surface area contributed by atoms with Gasteiger partial charge in [0.05, 0.1) is 30.5 Å². The number of benzene rings is 2. The van der Waals surface area contributed by atoms with Crippen molar-refractivity contribution < 1.29 is 22.7 Å². The summed E-state index contributed by atoms with van der Waals surface area (Å²) in [5, 5.41) is 7.33. The summed E-state index contributed by atoms with van der Waals surface area (Å²) in [7, 11) is -1.00. The Morgan fingerprint density at radius 3 is 2.48 bits per heavy atom. The van der Waals surface area contributed by atoms with Crippen LogP contribution in [0, 0.1) is 6.92 Å². The van der Waals surface area contributed by atoms with Crippen molar-refractivity contribution in [2.45, 2.75) is 30.7 Å². The van der Waals surface area contributed by atoms with Gasteiger partial charge in [0.25, 0.3) is 0 Å². The van der Waals surface area contributed by atoms with Crippen LogP contribution in [0.1, 0.15) is 18.5 Å². The Morgan fingerprint density at radius 1 is 1.06 bits per heavy atom. The molecule has 1 unspecified atom stereocenters. The summed E-state index contributed by atoms with van der Waals surface area (Å²) >= 11 is 0. The van der Waals surface area contributed by atoms with E-state index < -0.39 is 22.0 Å². The van der Waals surface area contributed by atoms with Crippen LogP contribution in [0.4, 0.5) is 5.82 Å². The van der Waals surface area contributed by atoms with E-state index in [-0.39, 0.29) is 11.4 Å². The Kier molecular flexibility index (Phi) is 6.39. The Morgan fingerprint density at radius 2 is 1.79 bits per heavy atom. The predicted octanol–water partition coefficient (Wildman–Crippen LogP) is 2.99. The standard InChI is InChI=1S/C23H26N4O5S/c1-16-14-22(27(25-16)17-8-5-4-6-9-17)24-23(28)19-10-7-13-26(19)33(29,30)18-11-12-20(31-2)21(15-18)32-3/h4-6,8-9,11-12,14-15,19H,7,10,13H2,1-3H3,(H,24,28). The minimum Gasteiger partial charge on any atom is -0.493 e. The quantitative estimate of drug-likeness (QED) is 0.570. The fourth-order valence-electron chi connectivity index (χ4n) is 3.97. The Bertz CT molecular complexity index is 1260. The van der Waals surface area contributed by atoms with Crippen molar-refractivity contribution in [1.82, 2.24) is 14.1 Å². The first-order valence-corrected chi connectivity index (χ1v) is 12.0. The Labute approximate surface area is 193 Å². The number of nitrogens with one attached hydrogen (secondary N) is 1. The smallest absolute Gasteiger partial charge is 0.243 e. The molecular weight excluding hydrogens is 444 g/mol. The van der Waals surface area contributed by atoms with E-state index in [9.17, 15) is 13.2 Å². The molecule has 1 aromatic heterocycles. The first-order chi connectivity index (χ1) is 15.8. The summed E-state index contributed by atoms with van der Waals surface area (Å²) in [4.78, 5) is 13.3. The molecule has 1 N–H and O–H groups in total. The molecule has 1 aliphatic rings. The molecule has 0 aliphatic carbocycles. The number of aromatic nitrogens is 2. The number of hydrogen-bond acceptors (Lipinski definition) is 6. The van der Waals surface area contributed by atoms with E-state index in [1.807, 2.05) is 37.3 Å². The van der Waals surface area contributed by atoms with Crippen molar-refractivity contribution in [1.29, 1.82) is 0 Å². The maximum atomic E-state index is 13.4. The van der Waals surface area contributed by atoms with Gasteiger partial charge in [0.15, 0.2) is 11.5 Å². The highest BCUT2D eigenvalue weighted by Crippen LogP contribution is 2.33. The molecule has 0 saturated carbocycles. The lowest BCUT2D eigenvalue weighted by atomic mass is 10.2. The lowest BCUT2D eigenvalue weighted by Gasteiger charge is -2.24. The number of methoxy groups -OCH3 is 2. The number of para-hydroxylation sites is 1. The van der Waals surface area contributed by atoms with Crippen molar-refractivity contribution >= 4 is 21.7 Å². The van der Waals surface area contributed by atoms with E-state index in [0.29, 0.717) is 30.2 Å². The molecule has 1 saturated heterocycles. The van der Waals surface area contributed by atoms with E-state index in [2.05, 4.69) is 10.4 Å². The van der Waals surface area contributed by atoms with Gasteiger partial charge >= 0.3 is 0 Å². The summed E-state index contributed by atoms with van der Waals surface area (Å²) in [6, 6.07) is 14.8. The largest absolute Gasteiger partial charge is 0.493 e. The van der Waals surface area contributed by atoms with Crippen LogP contribution in [0.3, 0.4) is 0 Å². The third-order valence-electron chi connectivity index (χ3n) is 5.55. The van der Waals surface area contributed by atoms with Crippen LogP contribution in [0.15, 0.2) is 59.5 Å². The fourth-order valence-corrected chi connectivity index (χ4v) is 5.64. The van der Waals surface area contributed by atoms with Crippen molar-refractivity contribution in [3.05, 3.63) is 60.3 Å². The molecule has 1 fully saturated rings. The summed E-state index contributed by atoms with van der Waals surface area (Å²) in [5.41, 5.74) is 1.53. The second kappa shape index (κ2) is 9.24. The van der Waals surface area contributed by atoms with E-state index in [4.69, 9.17) is 9.47 Å². The van der Waals surface area contributed by atoms with Gasteiger partial charge in [0.2, 0.25) is 15.9 Å². The van der Waals surface area contributed by atoms with Gasteiger partial charge in [-0.25, -0.2) is 13.1 Å². The van der Waals surface area contributed by atoms with Crippen LogP contribution < -0.4 is 14.8 Å². The molecular formula is C23H26N4O5S. The van der Waals surface area contributed by atoms with E-state index >= 15 is 0 Å². The molecule has 10 heteroatoms. The van der Waals surface area contributed by atoms with Crippen molar-refractivity contribution in [3.8, 4) is 17.2 Å². The van der Waals surface area contributed by atoms with E-state index in [1.165, 1.54) is 36.7 Å². The van der Waals surface area contributed by atoms with Crippen molar-refractivity contribution in [3.63, 3.8) is 0 Å². The number of amides is 1. The number of hydrogen-bond donors (Lipinski definition) is 1. The molecule has 1 aliphatic heterocycles. The third kappa shape index (κ3) is 4.44. The molecule has 1 atom stereocenters. The number of anilines is 1. The molecule has 2 aromatic carbocycles. The second-order valence-electron chi connectivity index (χ2n) is 7.70. The molecule has 33 heavy (non-hydrogen) atoms. The summed E-state index contributed by atoms with van der Waals surface area (Å²) < 4.78 is 40.1. The maximum Gasteiger partial charge on any atom is 0.243 e. The highest BCUT2D eigenvalue weighted by molar-refractivity contribution is 7.89. The molecule has 0 bridgehead atoms. The van der Waals surface area contributed by atoms with Crippen LogP contribution in [-0.2, 0) is 14.8 Å². The summed E-state index contributed by atoms with van der Waals surface area (Å²) in [6.45, 7) is 2.09. The fraction of sp³-hybridized carbons (Fsp3) is 0.304. The Hall–Kier alpha value is -3.37. The minimum absolute atomic E-state index is 0.0463. The number of carbonyl (C=O) groups excluding carboxylic acids is 1. The maximum absolute atomic E-state index is 13.4. The van der Waals surface area contributed by atoms with Gasteiger partial charge in [-0.3, -0.25) is 4.79 Å². The van der Waals surface area contributed by atoms with Crippen LogP contribution in [0.5, 0.6) is 11.5 Å². The zero-order chi connectivity index (χ0) is 23.6. The molecule has 0 radical (unpaired) electrons. The van der Waals surface area contributed by atoms with Crippen LogP contribution in [-0.4, -0.2) is 55.2 Å². The van der Waals surface area contributed by atoms with E-state index in [0.717, 1.165) is 11.4 Å². The van der Waals surface area contributed by atoms with Gasteiger partial charge in [0, 0.05) is 18.7 Å². The first kappa shape index (κ1) is 22.8.